The number of halogens is 2. The van der Waals surface area contributed by atoms with Crippen molar-refractivity contribution in [1.82, 2.24) is 9.78 Å². The van der Waals surface area contributed by atoms with Crippen molar-refractivity contribution in [2.75, 3.05) is 0 Å². The molecule has 1 atom stereocenters. The predicted molar refractivity (Wildman–Crippen MR) is 92.6 cm³/mol. The summed E-state index contributed by atoms with van der Waals surface area (Å²) in [6, 6.07) is 4.07. The molecule has 0 saturated heterocycles. The first-order valence-corrected chi connectivity index (χ1v) is 8.58. The van der Waals surface area contributed by atoms with Crippen molar-refractivity contribution in [1.29, 1.82) is 0 Å². The Morgan fingerprint density at radius 1 is 1.19 bits per heavy atom. The van der Waals surface area contributed by atoms with Gasteiger partial charge >= 0.3 is 0 Å². The van der Waals surface area contributed by atoms with Crippen molar-refractivity contribution in [3.8, 4) is 0 Å². The average molecular weight is 416 g/mol. The molecule has 0 spiro atoms. The van der Waals surface area contributed by atoms with Gasteiger partial charge in [-0.2, -0.15) is 5.10 Å². The molecule has 1 aromatic carbocycles. The normalized spacial score (nSPS) is 12.7. The van der Waals surface area contributed by atoms with E-state index in [0.29, 0.717) is 6.42 Å². The van der Waals surface area contributed by atoms with Crippen LogP contribution in [0.5, 0.6) is 0 Å². The number of aliphatic hydroxyl groups is 1. The Labute approximate surface area is 142 Å². The van der Waals surface area contributed by atoms with E-state index in [0.717, 1.165) is 43.4 Å². The lowest BCUT2D eigenvalue weighted by Gasteiger charge is -2.14. The molecule has 1 N–H and O–H groups in total. The molecule has 0 saturated carbocycles. The number of aliphatic hydroxyl groups excluding tert-OH is 1. The van der Waals surface area contributed by atoms with Gasteiger partial charge in [-0.15, -0.1) is 0 Å². The van der Waals surface area contributed by atoms with E-state index >= 15 is 0 Å². The summed E-state index contributed by atoms with van der Waals surface area (Å²) in [4.78, 5) is 0. The van der Waals surface area contributed by atoms with Crippen molar-refractivity contribution in [2.45, 2.75) is 39.7 Å². The number of hydrogen-bond donors (Lipinski definition) is 1. The van der Waals surface area contributed by atoms with Crippen LogP contribution in [-0.4, -0.2) is 14.9 Å². The summed E-state index contributed by atoms with van der Waals surface area (Å²) in [7, 11) is 1.92. The minimum atomic E-state index is -0.535. The maximum atomic E-state index is 10.6. The highest BCUT2D eigenvalue weighted by molar-refractivity contribution is 9.10. The maximum absolute atomic E-state index is 10.6. The van der Waals surface area contributed by atoms with Crippen LogP contribution in [0.25, 0.3) is 0 Å². The first-order chi connectivity index (χ1) is 9.85. The van der Waals surface area contributed by atoms with Crippen molar-refractivity contribution in [3.05, 3.63) is 49.2 Å². The lowest BCUT2D eigenvalue weighted by molar-refractivity contribution is 0.175. The molecule has 0 amide bonds. The summed E-state index contributed by atoms with van der Waals surface area (Å²) < 4.78 is 3.97. The number of aryl methyl sites for hydroxylation is 4. The van der Waals surface area contributed by atoms with Gasteiger partial charge in [-0.1, -0.05) is 35.0 Å². The van der Waals surface area contributed by atoms with Gasteiger partial charge in [0.25, 0.3) is 0 Å². The number of aromatic nitrogens is 2. The molecule has 5 heteroatoms. The van der Waals surface area contributed by atoms with Crippen molar-refractivity contribution >= 4 is 31.9 Å². The highest BCUT2D eigenvalue weighted by Crippen LogP contribution is 2.30. The van der Waals surface area contributed by atoms with Crippen molar-refractivity contribution in [3.63, 3.8) is 0 Å². The summed E-state index contributed by atoms with van der Waals surface area (Å²) in [5.74, 6) is 0. The molecule has 21 heavy (non-hydrogen) atoms. The van der Waals surface area contributed by atoms with Crippen LogP contribution in [0.15, 0.2) is 21.1 Å². The molecule has 0 bridgehead atoms. The summed E-state index contributed by atoms with van der Waals surface area (Å²) in [6.07, 6.45) is 0.887. The fourth-order valence-corrected chi connectivity index (χ4v) is 3.52. The van der Waals surface area contributed by atoms with Gasteiger partial charge < -0.3 is 5.11 Å². The minimum Gasteiger partial charge on any atom is -0.388 e. The summed E-state index contributed by atoms with van der Waals surface area (Å²) in [6.45, 7) is 6.17. The SMILES string of the molecule is CCc1nn(C)c(CC(O)c2cc(C)c(Br)c(C)c2)c1Br. The second-order valence-corrected chi connectivity index (χ2v) is 6.96. The quantitative estimate of drug-likeness (QED) is 0.803. The van der Waals surface area contributed by atoms with E-state index in [1.54, 1.807) is 0 Å². The van der Waals surface area contributed by atoms with Crippen LogP contribution in [0.3, 0.4) is 0 Å². The Bertz CT molecular complexity index is 642. The lowest BCUT2D eigenvalue weighted by Crippen LogP contribution is -2.07. The van der Waals surface area contributed by atoms with E-state index in [9.17, 15) is 5.11 Å². The fourth-order valence-electron chi connectivity index (χ4n) is 2.51. The Hall–Kier alpha value is -0.650. The first-order valence-electron chi connectivity index (χ1n) is 7.00. The predicted octanol–water partition coefficient (Wildman–Crippen LogP) is 4.40. The summed E-state index contributed by atoms with van der Waals surface area (Å²) in [5, 5.41) is 15.0. The van der Waals surface area contributed by atoms with Gasteiger partial charge in [-0.3, -0.25) is 4.68 Å². The Morgan fingerprint density at radius 2 is 1.76 bits per heavy atom. The molecule has 0 fully saturated rings. The highest BCUT2D eigenvalue weighted by atomic mass is 79.9. The van der Waals surface area contributed by atoms with Gasteiger partial charge in [0.15, 0.2) is 0 Å². The minimum absolute atomic E-state index is 0.535. The zero-order valence-electron chi connectivity index (χ0n) is 12.7. The van der Waals surface area contributed by atoms with Gasteiger partial charge in [0, 0.05) is 17.9 Å². The van der Waals surface area contributed by atoms with Gasteiger partial charge in [0.05, 0.1) is 22.0 Å². The summed E-state index contributed by atoms with van der Waals surface area (Å²) in [5.41, 5.74) is 5.28. The van der Waals surface area contributed by atoms with E-state index in [4.69, 9.17) is 0 Å². The summed E-state index contributed by atoms with van der Waals surface area (Å²) >= 11 is 7.16. The largest absolute Gasteiger partial charge is 0.388 e. The Kier molecular flexibility index (Phi) is 5.28. The number of benzene rings is 1. The first kappa shape index (κ1) is 16.7. The van der Waals surface area contributed by atoms with Crippen LogP contribution in [0.2, 0.25) is 0 Å². The molecule has 0 aliphatic carbocycles. The smallest absolute Gasteiger partial charge is 0.0845 e. The van der Waals surface area contributed by atoms with Crippen LogP contribution in [0.4, 0.5) is 0 Å². The molecule has 1 heterocycles. The number of nitrogens with zero attached hydrogens (tertiary/aromatic N) is 2. The topological polar surface area (TPSA) is 38.0 Å². The van der Waals surface area contributed by atoms with Gasteiger partial charge in [0.1, 0.15) is 0 Å². The number of hydrogen-bond acceptors (Lipinski definition) is 2. The highest BCUT2D eigenvalue weighted by Gasteiger charge is 2.18. The third-order valence-corrected chi connectivity index (χ3v) is 5.90. The number of rotatable bonds is 4. The van der Waals surface area contributed by atoms with E-state index in [1.807, 2.05) is 37.7 Å². The second-order valence-electron chi connectivity index (χ2n) is 5.37. The third kappa shape index (κ3) is 3.41. The molecule has 1 aromatic heterocycles. The van der Waals surface area contributed by atoms with Gasteiger partial charge in [0.2, 0.25) is 0 Å². The van der Waals surface area contributed by atoms with Crippen molar-refractivity contribution in [2.24, 2.45) is 7.05 Å². The molecule has 0 aliphatic heterocycles. The second kappa shape index (κ2) is 6.63. The van der Waals surface area contributed by atoms with E-state index in [-0.39, 0.29) is 0 Å². The Balaban J connectivity index is 2.30. The zero-order valence-corrected chi connectivity index (χ0v) is 15.9. The fraction of sp³-hybridized carbons (Fsp3) is 0.438. The van der Waals surface area contributed by atoms with E-state index in [2.05, 4.69) is 43.9 Å². The molecule has 114 valence electrons. The van der Waals surface area contributed by atoms with Gasteiger partial charge in [-0.25, -0.2) is 0 Å². The van der Waals surface area contributed by atoms with Crippen LogP contribution in [0.1, 0.15) is 41.1 Å². The zero-order chi connectivity index (χ0) is 15.7. The lowest BCUT2D eigenvalue weighted by atomic mass is 10.00. The van der Waals surface area contributed by atoms with E-state index < -0.39 is 6.10 Å². The molecule has 1 unspecified atom stereocenters. The van der Waals surface area contributed by atoms with E-state index in [1.165, 1.54) is 0 Å². The third-order valence-electron chi connectivity index (χ3n) is 3.73. The molecule has 0 aliphatic rings. The molecule has 2 rings (SSSR count). The van der Waals surface area contributed by atoms with Gasteiger partial charge in [-0.05, 0) is 52.9 Å². The monoisotopic (exact) mass is 414 g/mol. The molecular weight excluding hydrogens is 396 g/mol. The van der Waals surface area contributed by atoms with Crippen LogP contribution >= 0.6 is 31.9 Å². The molecule has 0 radical (unpaired) electrons. The molecule has 2 aromatic rings. The van der Waals surface area contributed by atoms with Crippen LogP contribution in [-0.2, 0) is 19.9 Å². The standard InChI is InChI=1S/C16H20Br2N2O/c1-5-12-16(18)13(20(4)19-12)8-14(21)11-6-9(2)15(17)10(3)7-11/h6-7,14,21H,5,8H2,1-4H3. The average Bonchev–Trinajstić information content (AvgIpc) is 2.71. The van der Waals surface area contributed by atoms with Crippen LogP contribution < -0.4 is 0 Å². The van der Waals surface area contributed by atoms with Crippen LogP contribution in [0, 0.1) is 13.8 Å². The maximum Gasteiger partial charge on any atom is 0.0845 e. The Morgan fingerprint density at radius 3 is 2.24 bits per heavy atom. The van der Waals surface area contributed by atoms with Crippen molar-refractivity contribution < 1.29 is 5.11 Å². The molecule has 3 nitrogen and oxygen atoms in total. The molecular formula is C16H20Br2N2O.